The number of nitrogens with one attached hydrogen (secondary N) is 2. The van der Waals surface area contributed by atoms with Crippen molar-refractivity contribution in [3.8, 4) is 16.9 Å². The first-order valence-corrected chi connectivity index (χ1v) is 21.9. The minimum absolute atomic E-state index is 0.0231. The highest BCUT2D eigenvalue weighted by Crippen LogP contribution is 2.32. The molecule has 11 heteroatoms. The van der Waals surface area contributed by atoms with Gasteiger partial charge in [-0.3, -0.25) is 19.7 Å². The van der Waals surface area contributed by atoms with Crippen LogP contribution in [0.1, 0.15) is 73.3 Å². The van der Waals surface area contributed by atoms with Crippen LogP contribution in [-0.2, 0) is 33.6 Å². The molecule has 0 bridgehead atoms. The summed E-state index contributed by atoms with van der Waals surface area (Å²) in [6.07, 6.45) is 4.83. The third kappa shape index (κ3) is 12.3. The monoisotopic (exact) mass is 848 g/mol. The molecule has 1 aliphatic heterocycles. The molecule has 2 amide bonds. The summed E-state index contributed by atoms with van der Waals surface area (Å²) in [6, 6.07) is 39.8. The SMILES string of the molecule is CN(C(=O)CCN1CCC(OC(=O)Nc2ccccc2-c2ccccc2)CC1)c1ccc(CCC(=O)Cc2cccc(CCCC[C@H](O)c3ccc(O)c4[nH]c(=O)ccc34)c2)cc1. The van der Waals surface area contributed by atoms with Gasteiger partial charge in [-0.25, -0.2) is 4.79 Å². The van der Waals surface area contributed by atoms with Gasteiger partial charge in [0.15, 0.2) is 0 Å². The molecule has 1 atom stereocenters. The molecule has 0 saturated carbocycles. The van der Waals surface area contributed by atoms with E-state index < -0.39 is 12.2 Å². The van der Waals surface area contributed by atoms with E-state index in [2.05, 4.69) is 27.3 Å². The molecule has 0 aliphatic carbocycles. The van der Waals surface area contributed by atoms with Crippen molar-refractivity contribution in [1.29, 1.82) is 0 Å². The average Bonchev–Trinajstić information content (AvgIpc) is 3.30. The number of rotatable bonds is 18. The number of anilines is 2. The van der Waals surface area contributed by atoms with Gasteiger partial charge in [0, 0.05) is 68.6 Å². The molecule has 6 aromatic rings. The third-order valence-corrected chi connectivity index (χ3v) is 11.9. The number of aliphatic hydroxyl groups excluding tert-OH is 1. The molecular weight excluding hydrogens is 793 g/mol. The largest absolute Gasteiger partial charge is 0.506 e. The van der Waals surface area contributed by atoms with Gasteiger partial charge in [-0.05, 0) is 96.7 Å². The van der Waals surface area contributed by atoms with Crippen LogP contribution in [0.4, 0.5) is 16.2 Å². The molecule has 4 N–H and O–H groups in total. The Morgan fingerprint density at radius 2 is 1.56 bits per heavy atom. The molecule has 63 heavy (non-hydrogen) atoms. The van der Waals surface area contributed by atoms with Crippen LogP contribution in [0, 0.1) is 0 Å². The molecule has 0 unspecified atom stereocenters. The smallest absolute Gasteiger partial charge is 0.411 e. The molecule has 7 rings (SSSR count). The number of piperidine rings is 1. The minimum atomic E-state index is -0.727. The van der Waals surface area contributed by atoms with Gasteiger partial charge in [0.1, 0.15) is 17.6 Å². The molecular formula is C52H56N4O7. The Morgan fingerprint density at radius 3 is 2.35 bits per heavy atom. The van der Waals surface area contributed by atoms with E-state index in [1.807, 2.05) is 91.0 Å². The number of likely N-dealkylation sites (tertiary alicyclic amines) is 1. The number of carbonyl (C=O) groups is 3. The molecule has 11 nitrogen and oxygen atoms in total. The van der Waals surface area contributed by atoms with Crippen molar-refractivity contribution in [2.24, 2.45) is 0 Å². The Balaban J connectivity index is 0.779. The predicted octanol–water partition coefficient (Wildman–Crippen LogP) is 9.16. The number of aryl methyl sites for hydroxylation is 2. The number of fused-ring (bicyclic) bond motifs is 1. The highest BCUT2D eigenvalue weighted by atomic mass is 16.6. The van der Waals surface area contributed by atoms with E-state index in [1.54, 1.807) is 24.1 Å². The first kappa shape index (κ1) is 44.5. The fourth-order valence-electron chi connectivity index (χ4n) is 8.32. The molecule has 1 saturated heterocycles. The van der Waals surface area contributed by atoms with Gasteiger partial charge in [-0.15, -0.1) is 0 Å². The van der Waals surface area contributed by atoms with Crippen LogP contribution in [0.15, 0.2) is 132 Å². The number of ether oxygens (including phenoxy) is 1. The lowest BCUT2D eigenvalue weighted by atomic mass is 9.96. The van der Waals surface area contributed by atoms with Crippen LogP contribution < -0.4 is 15.8 Å². The van der Waals surface area contributed by atoms with Crippen LogP contribution >= 0.6 is 0 Å². The summed E-state index contributed by atoms with van der Waals surface area (Å²) in [4.78, 5) is 57.3. The lowest BCUT2D eigenvalue weighted by Gasteiger charge is -2.31. The number of pyridine rings is 1. The first-order chi connectivity index (χ1) is 30.6. The number of benzene rings is 5. The second-order valence-corrected chi connectivity index (χ2v) is 16.4. The number of hydrogen-bond donors (Lipinski definition) is 4. The van der Waals surface area contributed by atoms with E-state index in [0.29, 0.717) is 73.6 Å². The summed E-state index contributed by atoms with van der Waals surface area (Å²) < 4.78 is 5.78. The molecule has 1 fully saturated rings. The van der Waals surface area contributed by atoms with Gasteiger partial charge in [0.05, 0.1) is 17.3 Å². The normalized spacial score (nSPS) is 13.7. The van der Waals surface area contributed by atoms with E-state index in [1.165, 1.54) is 12.1 Å². The number of aromatic amines is 1. The summed E-state index contributed by atoms with van der Waals surface area (Å²) in [5.41, 5.74) is 7.32. The van der Waals surface area contributed by atoms with Gasteiger partial charge in [0.2, 0.25) is 11.5 Å². The summed E-state index contributed by atoms with van der Waals surface area (Å²) in [6.45, 7) is 2.12. The molecule has 1 aromatic heterocycles. The van der Waals surface area contributed by atoms with E-state index in [4.69, 9.17) is 4.74 Å². The van der Waals surface area contributed by atoms with E-state index in [-0.39, 0.29) is 29.1 Å². The van der Waals surface area contributed by atoms with Crippen LogP contribution in [0.2, 0.25) is 0 Å². The minimum Gasteiger partial charge on any atom is -0.506 e. The summed E-state index contributed by atoms with van der Waals surface area (Å²) >= 11 is 0. The number of phenols is 1. The maximum atomic E-state index is 13.2. The number of carbonyl (C=O) groups excluding carboxylic acids is 3. The number of nitrogens with zero attached hydrogens (tertiary/aromatic N) is 2. The van der Waals surface area contributed by atoms with Gasteiger partial charge in [-0.1, -0.05) is 97.4 Å². The number of H-pyrrole nitrogens is 1. The fraction of sp³-hybridized carbons (Fsp3) is 0.308. The highest BCUT2D eigenvalue weighted by molar-refractivity contribution is 5.93. The fourth-order valence-corrected chi connectivity index (χ4v) is 8.32. The molecule has 0 radical (unpaired) electrons. The zero-order chi connectivity index (χ0) is 44.1. The maximum absolute atomic E-state index is 13.2. The zero-order valence-electron chi connectivity index (χ0n) is 35.8. The number of Topliss-reactive ketones (excluding diaryl/α,β-unsaturated/α-hetero) is 1. The van der Waals surface area contributed by atoms with Crippen molar-refractivity contribution in [3.05, 3.63) is 160 Å². The molecule has 5 aromatic carbocycles. The van der Waals surface area contributed by atoms with Crippen LogP contribution in [0.5, 0.6) is 5.75 Å². The molecule has 326 valence electrons. The van der Waals surface area contributed by atoms with Gasteiger partial charge in [0.25, 0.3) is 0 Å². The van der Waals surface area contributed by atoms with Crippen molar-refractivity contribution in [2.75, 3.05) is 36.9 Å². The third-order valence-electron chi connectivity index (χ3n) is 11.9. The Morgan fingerprint density at radius 1 is 0.810 bits per heavy atom. The number of unbranched alkanes of at least 4 members (excludes halogenated alkanes) is 1. The van der Waals surface area contributed by atoms with Crippen LogP contribution in [-0.4, -0.2) is 70.7 Å². The van der Waals surface area contributed by atoms with Crippen LogP contribution in [0.25, 0.3) is 22.0 Å². The first-order valence-electron chi connectivity index (χ1n) is 21.9. The summed E-state index contributed by atoms with van der Waals surface area (Å²) in [5, 5.41) is 24.6. The quantitative estimate of drug-likeness (QED) is 0.0626. The lowest BCUT2D eigenvalue weighted by molar-refractivity contribution is -0.119. The topological polar surface area (TPSA) is 152 Å². The Kier molecular flexibility index (Phi) is 15.2. The number of phenolic OH excluding ortho intramolecular Hbond substituents is 1. The highest BCUT2D eigenvalue weighted by Gasteiger charge is 2.24. The summed E-state index contributed by atoms with van der Waals surface area (Å²) in [7, 11) is 1.79. The molecule has 1 aliphatic rings. The maximum Gasteiger partial charge on any atom is 0.411 e. The number of para-hydroxylation sites is 1. The number of amides is 2. The Bertz CT molecular complexity index is 2550. The van der Waals surface area contributed by atoms with Gasteiger partial charge < -0.3 is 29.7 Å². The number of hydrogen-bond acceptors (Lipinski definition) is 8. The van der Waals surface area contributed by atoms with E-state index >= 15 is 0 Å². The second-order valence-electron chi connectivity index (χ2n) is 16.4. The standard InChI is InChI=1S/C52H56N4O7/c1-55(50(61)30-33-56-31-28-42(29-32-56)63-52(62)53-46-16-7-6-15-43(46)39-13-3-2-4-14-39)40-21-18-36(19-22-40)20-23-41(57)35-38-12-9-11-37(34-38)10-5-8-17-47(58)44-24-26-48(59)51-45(44)25-27-49(60)54-51/h2-4,6-7,9,11-16,18-19,21-22,24-27,34,42,47,58-59H,5,8,10,17,20,23,28-33,35H2,1H3,(H,53,62)(H,54,60)/t47-/m0/s1. The van der Waals surface area contributed by atoms with Crippen molar-refractivity contribution in [3.63, 3.8) is 0 Å². The average molecular weight is 849 g/mol. The molecule has 2 heterocycles. The Hall–Kier alpha value is -6.56. The van der Waals surface area contributed by atoms with Crippen molar-refractivity contribution in [1.82, 2.24) is 9.88 Å². The van der Waals surface area contributed by atoms with Crippen molar-refractivity contribution in [2.45, 2.75) is 76.4 Å². The van der Waals surface area contributed by atoms with Gasteiger partial charge in [-0.2, -0.15) is 0 Å². The van der Waals surface area contributed by atoms with Crippen molar-refractivity contribution < 1.29 is 29.3 Å². The van der Waals surface area contributed by atoms with Crippen LogP contribution in [0.3, 0.4) is 0 Å². The van der Waals surface area contributed by atoms with E-state index in [0.717, 1.165) is 65.9 Å². The lowest BCUT2D eigenvalue weighted by Crippen LogP contribution is -2.40. The van der Waals surface area contributed by atoms with Gasteiger partial charge >= 0.3 is 6.09 Å². The zero-order valence-corrected chi connectivity index (χ0v) is 35.8. The van der Waals surface area contributed by atoms with E-state index in [9.17, 15) is 29.4 Å². The number of ketones is 1. The number of aliphatic hydroxyl groups is 1. The Labute approximate surface area is 368 Å². The second kappa shape index (κ2) is 21.5. The van der Waals surface area contributed by atoms with Crippen molar-refractivity contribution >= 4 is 40.1 Å². The summed E-state index contributed by atoms with van der Waals surface area (Å²) in [5.74, 6) is 0.160. The molecule has 0 spiro atoms. The number of aromatic nitrogens is 1. The predicted molar refractivity (Wildman–Crippen MR) is 248 cm³/mol. The number of aromatic hydroxyl groups is 1.